The SMILES string of the molecule is CN(C)S(=O)c1ccc(N2CCCC2)c(-c2cc3ccccc3[nH]2)c1. The predicted molar refractivity (Wildman–Crippen MR) is 105 cm³/mol. The summed E-state index contributed by atoms with van der Waals surface area (Å²) < 4.78 is 14.3. The van der Waals surface area contributed by atoms with E-state index in [-0.39, 0.29) is 0 Å². The fourth-order valence-electron chi connectivity index (χ4n) is 3.50. The molecule has 1 aliphatic heterocycles. The number of hydrogen-bond donors (Lipinski definition) is 1. The molecular weight excluding hydrogens is 330 g/mol. The van der Waals surface area contributed by atoms with Crippen molar-refractivity contribution in [3.63, 3.8) is 0 Å². The molecule has 0 bridgehead atoms. The Hall–Kier alpha value is -2.11. The number of aromatic amines is 1. The van der Waals surface area contributed by atoms with Gasteiger partial charge >= 0.3 is 0 Å². The first-order valence-electron chi connectivity index (χ1n) is 8.70. The van der Waals surface area contributed by atoms with Crippen molar-refractivity contribution in [2.75, 3.05) is 32.1 Å². The molecule has 1 atom stereocenters. The lowest BCUT2D eigenvalue weighted by Gasteiger charge is -2.22. The average molecular weight is 353 g/mol. The molecule has 1 unspecified atom stereocenters. The summed E-state index contributed by atoms with van der Waals surface area (Å²) in [5, 5.41) is 1.20. The highest BCUT2D eigenvalue weighted by atomic mass is 32.2. The van der Waals surface area contributed by atoms with Gasteiger partial charge in [0.1, 0.15) is 11.0 Å². The fourth-order valence-corrected chi connectivity index (χ4v) is 4.33. The lowest BCUT2D eigenvalue weighted by Crippen LogP contribution is -2.19. The molecule has 130 valence electrons. The molecule has 1 N–H and O–H groups in total. The lowest BCUT2D eigenvalue weighted by molar-refractivity contribution is 0.603. The van der Waals surface area contributed by atoms with Crippen LogP contribution in [0.2, 0.25) is 0 Å². The van der Waals surface area contributed by atoms with Gasteiger partial charge in [0.25, 0.3) is 0 Å². The van der Waals surface area contributed by atoms with Gasteiger partial charge in [-0.15, -0.1) is 0 Å². The van der Waals surface area contributed by atoms with E-state index in [0.29, 0.717) is 0 Å². The highest BCUT2D eigenvalue weighted by Crippen LogP contribution is 2.35. The van der Waals surface area contributed by atoms with E-state index < -0.39 is 11.0 Å². The Balaban J connectivity index is 1.86. The third-order valence-electron chi connectivity index (χ3n) is 4.77. The molecule has 2 aromatic carbocycles. The molecule has 1 aromatic heterocycles. The van der Waals surface area contributed by atoms with Crippen molar-refractivity contribution in [3.05, 3.63) is 48.5 Å². The predicted octanol–water partition coefficient (Wildman–Crippen LogP) is 4.02. The van der Waals surface area contributed by atoms with Crippen LogP contribution in [0.1, 0.15) is 12.8 Å². The third-order valence-corrected chi connectivity index (χ3v) is 6.09. The van der Waals surface area contributed by atoms with E-state index in [4.69, 9.17) is 0 Å². The Labute approximate surface area is 151 Å². The maximum atomic E-state index is 12.5. The number of H-pyrrole nitrogens is 1. The molecule has 1 fully saturated rings. The van der Waals surface area contributed by atoms with Gasteiger partial charge in [0.05, 0.1) is 4.90 Å². The summed E-state index contributed by atoms with van der Waals surface area (Å²) >= 11 is 0. The summed E-state index contributed by atoms with van der Waals surface area (Å²) in [6, 6.07) is 16.7. The summed E-state index contributed by atoms with van der Waals surface area (Å²) in [5.41, 5.74) is 4.57. The molecule has 0 spiro atoms. The normalized spacial score (nSPS) is 16.0. The van der Waals surface area contributed by atoms with Crippen molar-refractivity contribution < 1.29 is 4.21 Å². The number of nitrogens with zero attached hydrogens (tertiary/aromatic N) is 2. The Kier molecular flexibility index (Phi) is 4.36. The van der Waals surface area contributed by atoms with Gasteiger partial charge in [-0.25, -0.2) is 8.51 Å². The van der Waals surface area contributed by atoms with Crippen molar-refractivity contribution in [2.45, 2.75) is 17.7 Å². The topological polar surface area (TPSA) is 39.3 Å². The van der Waals surface area contributed by atoms with Crippen LogP contribution >= 0.6 is 0 Å². The number of fused-ring (bicyclic) bond motifs is 1. The first-order chi connectivity index (χ1) is 12.1. The molecule has 0 amide bonds. The third kappa shape index (κ3) is 3.10. The zero-order valence-corrected chi connectivity index (χ0v) is 15.5. The molecule has 0 radical (unpaired) electrons. The highest BCUT2D eigenvalue weighted by molar-refractivity contribution is 7.82. The molecular formula is C20H23N3OS. The Morgan fingerprint density at radius 1 is 1.04 bits per heavy atom. The van der Waals surface area contributed by atoms with Crippen LogP contribution in [0, 0.1) is 0 Å². The smallest absolute Gasteiger partial charge is 0.127 e. The molecule has 4 nitrogen and oxygen atoms in total. The summed E-state index contributed by atoms with van der Waals surface area (Å²) in [7, 11) is 2.53. The number of nitrogens with one attached hydrogen (secondary N) is 1. The van der Waals surface area contributed by atoms with Crippen LogP contribution in [0.15, 0.2) is 53.4 Å². The fraction of sp³-hybridized carbons (Fsp3) is 0.300. The second-order valence-electron chi connectivity index (χ2n) is 6.70. The van der Waals surface area contributed by atoms with Gasteiger partial charge in [-0.1, -0.05) is 18.2 Å². The molecule has 0 aliphatic carbocycles. The van der Waals surface area contributed by atoms with Crippen LogP contribution < -0.4 is 4.90 Å². The minimum absolute atomic E-state index is 0.835. The number of hydrogen-bond acceptors (Lipinski definition) is 2. The summed E-state index contributed by atoms with van der Waals surface area (Å²) in [5.74, 6) is 0. The van der Waals surface area contributed by atoms with Crippen molar-refractivity contribution in [2.24, 2.45) is 0 Å². The molecule has 1 saturated heterocycles. The van der Waals surface area contributed by atoms with Gasteiger partial charge in [0.2, 0.25) is 0 Å². The van der Waals surface area contributed by atoms with E-state index in [1.807, 2.05) is 26.2 Å². The van der Waals surface area contributed by atoms with Gasteiger partial charge in [0.15, 0.2) is 0 Å². The quantitative estimate of drug-likeness (QED) is 0.769. The van der Waals surface area contributed by atoms with Gasteiger partial charge in [-0.3, -0.25) is 0 Å². The van der Waals surface area contributed by atoms with Crippen molar-refractivity contribution in [1.82, 2.24) is 9.29 Å². The highest BCUT2D eigenvalue weighted by Gasteiger charge is 2.19. The molecule has 2 heterocycles. The maximum Gasteiger partial charge on any atom is 0.127 e. The zero-order valence-electron chi connectivity index (χ0n) is 14.7. The van der Waals surface area contributed by atoms with Crippen LogP contribution in [-0.2, 0) is 11.0 Å². The van der Waals surface area contributed by atoms with Crippen molar-refractivity contribution in [3.8, 4) is 11.3 Å². The average Bonchev–Trinajstić information content (AvgIpc) is 3.29. The van der Waals surface area contributed by atoms with E-state index in [9.17, 15) is 4.21 Å². The lowest BCUT2D eigenvalue weighted by atomic mass is 10.1. The zero-order chi connectivity index (χ0) is 17.4. The monoisotopic (exact) mass is 353 g/mol. The first-order valence-corrected chi connectivity index (χ1v) is 9.80. The van der Waals surface area contributed by atoms with Crippen LogP contribution in [0.3, 0.4) is 0 Å². The molecule has 1 aliphatic rings. The molecule has 25 heavy (non-hydrogen) atoms. The minimum Gasteiger partial charge on any atom is -0.371 e. The van der Waals surface area contributed by atoms with Gasteiger partial charge in [0, 0.05) is 40.9 Å². The van der Waals surface area contributed by atoms with E-state index in [2.05, 4.69) is 46.3 Å². The molecule has 5 heteroatoms. The molecule has 3 aromatic rings. The second kappa shape index (κ2) is 6.65. The van der Waals surface area contributed by atoms with Crippen LogP contribution in [-0.4, -0.2) is 40.7 Å². The second-order valence-corrected chi connectivity index (χ2v) is 8.40. The number of rotatable bonds is 4. The van der Waals surface area contributed by atoms with Gasteiger partial charge < -0.3 is 9.88 Å². The summed E-state index contributed by atoms with van der Waals surface area (Å²) in [6.07, 6.45) is 2.47. The van der Waals surface area contributed by atoms with Crippen LogP contribution in [0.25, 0.3) is 22.2 Å². The van der Waals surface area contributed by atoms with E-state index in [0.717, 1.165) is 34.8 Å². The van der Waals surface area contributed by atoms with E-state index in [1.54, 1.807) is 4.31 Å². The first kappa shape index (κ1) is 16.4. The Morgan fingerprint density at radius 3 is 2.52 bits per heavy atom. The maximum absolute atomic E-state index is 12.5. The van der Waals surface area contributed by atoms with E-state index in [1.165, 1.54) is 23.9 Å². The largest absolute Gasteiger partial charge is 0.371 e. The van der Waals surface area contributed by atoms with Crippen LogP contribution in [0.4, 0.5) is 5.69 Å². The molecule has 4 rings (SSSR count). The minimum atomic E-state index is -1.15. The number of benzene rings is 2. The van der Waals surface area contributed by atoms with Gasteiger partial charge in [-0.2, -0.15) is 0 Å². The van der Waals surface area contributed by atoms with Gasteiger partial charge in [-0.05, 0) is 57.3 Å². The Morgan fingerprint density at radius 2 is 1.80 bits per heavy atom. The summed E-state index contributed by atoms with van der Waals surface area (Å²) in [6.45, 7) is 2.17. The number of aromatic nitrogens is 1. The van der Waals surface area contributed by atoms with Crippen LogP contribution in [0.5, 0.6) is 0 Å². The number of anilines is 1. The van der Waals surface area contributed by atoms with E-state index >= 15 is 0 Å². The summed E-state index contributed by atoms with van der Waals surface area (Å²) in [4.78, 5) is 6.80. The van der Waals surface area contributed by atoms with Crippen molar-refractivity contribution >= 4 is 27.6 Å². The van der Waals surface area contributed by atoms with Crippen molar-refractivity contribution in [1.29, 1.82) is 0 Å². The molecule has 0 saturated carbocycles. The Bertz CT molecular complexity index is 893. The standard InChI is InChI=1S/C20H23N3OS/c1-22(2)25(24)16-9-10-20(23-11-5-6-12-23)17(14-16)19-13-15-7-3-4-8-18(15)21-19/h3-4,7-10,13-14,21H,5-6,11-12H2,1-2H3. The number of para-hydroxylation sites is 1.